The summed E-state index contributed by atoms with van der Waals surface area (Å²) >= 11 is 0. The van der Waals surface area contributed by atoms with Gasteiger partial charge < -0.3 is 15.5 Å². The molecule has 0 radical (unpaired) electrons. The minimum Gasteiger partial charge on any atom is -0.394 e. The number of hydrogen-bond acceptors (Lipinski definition) is 3. The van der Waals surface area contributed by atoms with E-state index in [0.717, 1.165) is 51.4 Å². The number of rotatable bonds is 38. The molecular weight excluding hydrogens is 615 g/mol. The van der Waals surface area contributed by atoms with Crippen molar-refractivity contribution in [2.24, 2.45) is 0 Å². The van der Waals surface area contributed by atoms with Crippen LogP contribution in [0.5, 0.6) is 0 Å². The van der Waals surface area contributed by atoms with Crippen molar-refractivity contribution in [3.05, 3.63) is 60.8 Å². The van der Waals surface area contributed by atoms with Crippen LogP contribution in [0.3, 0.4) is 0 Å². The average molecular weight is 698 g/mol. The molecule has 0 aliphatic heterocycles. The predicted octanol–water partition coefficient (Wildman–Crippen LogP) is 13.3. The first-order valence-corrected chi connectivity index (χ1v) is 21.5. The van der Waals surface area contributed by atoms with E-state index >= 15 is 0 Å². The number of carbonyl (C=O) groups excluding carboxylic acids is 1. The second-order valence-corrected chi connectivity index (χ2v) is 14.4. The van der Waals surface area contributed by atoms with Gasteiger partial charge in [0, 0.05) is 6.42 Å². The molecule has 50 heavy (non-hydrogen) atoms. The molecule has 0 aliphatic rings. The van der Waals surface area contributed by atoms with Gasteiger partial charge in [-0.25, -0.2) is 0 Å². The molecular formula is C46H83NO3. The predicted molar refractivity (Wildman–Crippen MR) is 221 cm³/mol. The summed E-state index contributed by atoms with van der Waals surface area (Å²) < 4.78 is 0. The quantitative estimate of drug-likeness (QED) is 0.0444. The fourth-order valence-electron chi connectivity index (χ4n) is 6.23. The van der Waals surface area contributed by atoms with Gasteiger partial charge in [0.05, 0.1) is 18.8 Å². The molecule has 0 heterocycles. The summed E-state index contributed by atoms with van der Waals surface area (Å²) in [5.74, 6) is -0.0714. The van der Waals surface area contributed by atoms with E-state index in [4.69, 9.17) is 0 Å². The molecule has 0 saturated carbocycles. The first-order valence-electron chi connectivity index (χ1n) is 21.5. The van der Waals surface area contributed by atoms with E-state index < -0.39 is 12.1 Å². The molecule has 0 aliphatic carbocycles. The number of aliphatic hydroxyl groups is 2. The van der Waals surface area contributed by atoms with Crippen LogP contribution >= 0.6 is 0 Å². The van der Waals surface area contributed by atoms with Crippen molar-refractivity contribution in [1.82, 2.24) is 5.32 Å². The zero-order chi connectivity index (χ0) is 36.4. The van der Waals surface area contributed by atoms with Gasteiger partial charge in [-0.1, -0.05) is 203 Å². The number of carbonyl (C=O) groups is 1. The maximum atomic E-state index is 12.2. The molecule has 2 unspecified atom stereocenters. The average Bonchev–Trinajstić information content (AvgIpc) is 3.12. The standard InChI is InChI=1S/C46H83NO3/c1-3-5-7-9-10-11-12-13-14-15-16-17-18-19-20-21-22-23-24-25-26-27-28-29-30-31-32-33-34-35-36-38-40-42-46(50)47-44(43-48)45(49)41-39-37-8-6-4-2/h5,7,10-11,13-14,16-17,39,41,44-45,48-49H,3-4,6,8-9,12,15,18-38,40,42-43H2,1-2H3,(H,47,50)/b7-5-,11-10-,14-13-,17-16-,41-39+. The lowest BCUT2D eigenvalue weighted by atomic mass is 10.0. The number of amides is 1. The van der Waals surface area contributed by atoms with Crippen molar-refractivity contribution >= 4 is 5.91 Å². The Morgan fingerprint density at radius 2 is 0.880 bits per heavy atom. The molecule has 2 atom stereocenters. The van der Waals surface area contributed by atoms with E-state index in [1.165, 1.54) is 135 Å². The van der Waals surface area contributed by atoms with Crippen LogP contribution in [0, 0.1) is 0 Å². The maximum Gasteiger partial charge on any atom is 0.220 e. The molecule has 290 valence electrons. The van der Waals surface area contributed by atoms with Crippen molar-refractivity contribution < 1.29 is 15.0 Å². The van der Waals surface area contributed by atoms with Crippen LogP contribution in [-0.4, -0.2) is 34.9 Å². The van der Waals surface area contributed by atoms with Crippen molar-refractivity contribution in [3.8, 4) is 0 Å². The van der Waals surface area contributed by atoms with Crippen molar-refractivity contribution in [2.45, 2.75) is 219 Å². The maximum absolute atomic E-state index is 12.2. The number of nitrogens with one attached hydrogen (secondary N) is 1. The minimum absolute atomic E-state index is 0.0714. The van der Waals surface area contributed by atoms with Crippen LogP contribution in [0.2, 0.25) is 0 Å². The zero-order valence-corrected chi connectivity index (χ0v) is 33.2. The third kappa shape index (κ3) is 37.3. The van der Waals surface area contributed by atoms with E-state index in [-0.39, 0.29) is 12.5 Å². The van der Waals surface area contributed by atoms with Crippen LogP contribution in [0.25, 0.3) is 0 Å². The van der Waals surface area contributed by atoms with Gasteiger partial charge in [-0.15, -0.1) is 0 Å². The first kappa shape index (κ1) is 48.1. The highest BCUT2D eigenvalue weighted by Crippen LogP contribution is 2.15. The van der Waals surface area contributed by atoms with E-state index in [1.807, 2.05) is 6.08 Å². The Hall–Kier alpha value is -1.91. The zero-order valence-electron chi connectivity index (χ0n) is 33.2. The number of unbranched alkanes of at least 4 members (excludes halogenated alkanes) is 23. The summed E-state index contributed by atoms with van der Waals surface area (Å²) in [4.78, 5) is 12.2. The number of hydrogen-bond donors (Lipinski definition) is 3. The molecule has 0 saturated heterocycles. The normalized spacial score (nSPS) is 13.6. The Morgan fingerprint density at radius 1 is 0.500 bits per heavy atom. The van der Waals surface area contributed by atoms with E-state index in [9.17, 15) is 15.0 Å². The van der Waals surface area contributed by atoms with Crippen LogP contribution in [-0.2, 0) is 4.79 Å². The Morgan fingerprint density at radius 3 is 1.32 bits per heavy atom. The molecule has 3 N–H and O–H groups in total. The van der Waals surface area contributed by atoms with E-state index in [1.54, 1.807) is 6.08 Å². The highest BCUT2D eigenvalue weighted by atomic mass is 16.3. The lowest BCUT2D eigenvalue weighted by molar-refractivity contribution is -0.123. The van der Waals surface area contributed by atoms with Crippen LogP contribution in [0.1, 0.15) is 206 Å². The largest absolute Gasteiger partial charge is 0.394 e. The topological polar surface area (TPSA) is 69.6 Å². The van der Waals surface area contributed by atoms with Crippen LogP contribution in [0.15, 0.2) is 60.8 Å². The van der Waals surface area contributed by atoms with Gasteiger partial charge >= 0.3 is 0 Å². The van der Waals surface area contributed by atoms with Gasteiger partial charge in [-0.05, 0) is 57.8 Å². The van der Waals surface area contributed by atoms with Crippen molar-refractivity contribution in [3.63, 3.8) is 0 Å². The van der Waals surface area contributed by atoms with Gasteiger partial charge in [0.15, 0.2) is 0 Å². The Bertz CT molecular complexity index is 842. The highest BCUT2D eigenvalue weighted by Gasteiger charge is 2.17. The summed E-state index contributed by atoms with van der Waals surface area (Å²) in [5.41, 5.74) is 0. The van der Waals surface area contributed by atoms with Gasteiger partial charge in [0.1, 0.15) is 0 Å². The monoisotopic (exact) mass is 698 g/mol. The smallest absolute Gasteiger partial charge is 0.220 e. The van der Waals surface area contributed by atoms with Gasteiger partial charge in [-0.2, -0.15) is 0 Å². The van der Waals surface area contributed by atoms with E-state index in [2.05, 4.69) is 67.8 Å². The molecule has 0 aromatic carbocycles. The Labute approximate surface area is 311 Å². The Balaban J connectivity index is 3.38. The first-order chi connectivity index (χ1) is 24.7. The third-order valence-electron chi connectivity index (χ3n) is 9.51. The lowest BCUT2D eigenvalue weighted by Gasteiger charge is -2.20. The second-order valence-electron chi connectivity index (χ2n) is 14.4. The molecule has 0 aromatic rings. The summed E-state index contributed by atoms with van der Waals surface area (Å²) in [6.45, 7) is 4.09. The lowest BCUT2D eigenvalue weighted by Crippen LogP contribution is -2.45. The fraction of sp³-hybridized carbons (Fsp3) is 0.761. The summed E-state index contributed by atoms with van der Waals surface area (Å²) in [7, 11) is 0. The SMILES string of the molecule is CC/C=C\C/C=C\C/C=C\C/C=C\CCCCCCCCCCCCCCCCCCCCCCC(=O)NC(CO)C(O)/C=C/CCCCC. The highest BCUT2D eigenvalue weighted by molar-refractivity contribution is 5.76. The fourth-order valence-corrected chi connectivity index (χ4v) is 6.23. The minimum atomic E-state index is -0.834. The van der Waals surface area contributed by atoms with Crippen LogP contribution in [0.4, 0.5) is 0 Å². The van der Waals surface area contributed by atoms with Gasteiger partial charge in [0.2, 0.25) is 5.91 Å². The summed E-state index contributed by atoms with van der Waals surface area (Å²) in [5, 5.41) is 22.6. The number of aliphatic hydroxyl groups excluding tert-OH is 2. The molecule has 0 fully saturated rings. The molecule has 0 bridgehead atoms. The summed E-state index contributed by atoms with van der Waals surface area (Å²) in [6, 6.07) is -0.617. The molecule has 4 heteroatoms. The second kappa shape index (κ2) is 41.5. The number of allylic oxidation sites excluding steroid dienone is 9. The molecule has 0 spiro atoms. The van der Waals surface area contributed by atoms with E-state index in [0.29, 0.717) is 6.42 Å². The van der Waals surface area contributed by atoms with Crippen molar-refractivity contribution in [1.29, 1.82) is 0 Å². The molecule has 1 amide bonds. The van der Waals surface area contributed by atoms with Gasteiger partial charge in [-0.3, -0.25) is 4.79 Å². The molecule has 4 nitrogen and oxygen atoms in total. The van der Waals surface area contributed by atoms with Crippen LogP contribution < -0.4 is 5.32 Å². The van der Waals surface area contributed by atoms with Crippen molar-refractivity contribution in [2.75, 3.05) is 6.61 Å². The molecule has 0 rings (SSSR count). The third-order valence-corrected chi connectivity index (χ3v) is 9.51. The Kier molecular flexibility index (Phi) is 39.9. The van der Waals surface area contributed by atoms with Gasteiger partial charge in [0.25, 0.3) is 0 Å². The molecule has 0 aromatic heterocycles. The summed E-state index contributed by atoms with van der Waals surface area (Å²) in [6.07, 6.45) is 58.1.